The Balaban J connectivity index is 2.60. The van der Waals surface area contributed by atoms with Gasteiger partial charge in [-0.15, -0.1) is 0 Å². The molecule has 2 atom stereocenters. The molecule has 4 nitrogen and oxygen atoms in total. The monoisotopic (exact) mass is 317 g/mol. The first-order valence-electron chi connectivity index (χ1n) is 4.73. The molecule has 0 spiro atoms. The van der Waals surface area contributed by atoms with Gasteiger partial charge in [0.1, 0.15) is 0 Å². The summed E-state index contributed by atoms with van der Waals surface area (Å²) in [5, 5.41) is 8.99. The maximum atomic E-state index is 11.8. The van der Waals surface area contributed by atoms with E-state index >= 15 is 0 Å². The lowest BCUT2D eigenvalue weighted by Crippen LogP contribution is -2.37. The van der Waals surface area contributed by atoms with Gasteiger partial charge in [-0.05, 0) is 12.8 Å². The Morgan fingerprint density at radius 3 is 2.24 bits per heavy atom. The number of halogens is 3. The van der Waals surface area contributed by atoms with Gasteiger partial charge in [0.2, 0.25) is 5.91 Å². The lowest BCUT2D eigenvalue weighted by Gasteiger charge is -2.24. The first-order valence-corrected chi connectivity index (χ1v) is 6.68. The third-order valence-electron chi connectivity index (χ3n) is 2.35. The van der Waals surface area contributed by atoms with Crippen molar-refractivity contribution in [1.29, 1.82) is 0 Å². The van der Waals surface area contributed by atoms with E-state index in [1.165, 1.54) is 0 Å². The first kappa shape index (κ1) is 15.0. The zero-order valence-electron chi connectivity index (χ0n) is 8.53. The minimum atomic E-state index is -1.65. The van der Waals surface area contributed by atoms with Crippen molar-refractivity contribution >= 4 is 58.6 Å². The molecule has 1 amide bonds. The van der Waals surface area contributed by atoms with E-state index in [-0.39, 0.29) is 0 Å². The van der Waals surface area contributed by atoms with Crippen LogP contribution in [0.4, 0.5) is 0 Å². The van der Waals surface area contributed by atoms with Crippen LogP contribution in [0, 0.1) is 11.8 Å². The molecule has 0 heterocycles. The number of carboxylic acid groups (broad SMARTS) is 1. The van der Waals surface area contributed by atoms with Gasteiger partial charge in [-0.25, -0.2) is 0 Å². The van der Waals surface area contributed by atoms with Crippen molar-refractivity contribution in [2.75, 3.05) is 0 Å². The molecule has 1 aliphatic carbocycles. The number of aliphatic carboxylic acids is 1. The molecule has 0 fully saturated rings. The van der Waals surface area contributed by atoms with Gasteiger partial charge in [0, 0.05) is 11.9 Å². The molecular weight excluding hydrogens is 309 g/mol. The molecule has 2 unspecified atom stereocenters. The van der Waals surface area contributed by atoms with Crippen LogP contribution in [-0.4, -0.2) is 20.1 Å². The van der Waals surface area contributed by atoms with Crippen LogP contribution in [0.25, 0.3) is 0 Å². The highest BCUT2D eigenvalue weighted by molar-refractivity contribution is 8.03. The first-order chi connectivity index (χ1) is 7.81. The second-order valence-corrected chi connectivity index (χ2v) is 7.48. The van der Waals surface area contributed by atoms with E-state index in [9.17, 15) is 9.59 Å². The molecule has 1 aliphatic rings. The van der Waals surface area contributed by atoms with E-state index in [2.05, 4.69) is 4.72 Å². The van der Waals surface area contributed by atoms with Gasteiger partial charge >= 0.3 is 5.97 Å². The van der Waals surface area contributed by atoms with Gasteiger partial charge in [-0.3, -0.25) is 14.3 Å². The van der Waals surface area contributed by atoms with Crippen LogP contribution in [0.3, 0.4) is 0 Å². The van der Waals surface area contributed by atoms with E-state index in [1.54, 1.807) is 12.2 Å². The molecule has 0 aromatic carbocycles. The van der Waals surface area contributed by atoms with Crippen LogP contribution in [0.1, 0.15) is 12.8 Å². The summed E-state index contributed by atoms with van der Waals surface area (Å²) < 4.78 is 0.708. The Bertz CT molecular complexity index is 343. The number of amides is 1. The molecule has 96 valence electrons. The Morgan fingerprint density at radius 2 is 1.76 bits per heavy atom. The van der Waals surface area contributed by atoms with Crippen LogP contribution in [-0.2, 0) is 9.59 Å². The van der Waals surface area contributed by atoms with E-state index < -0.39 is 26.8 Å². The Labute approximate surface area is 118 Å². The molecule has 0 aromatic heterocycles. The number of rotatable bonds is 3. The average molecular weight is 319 g/mol. The van der Waals surface area contributed by atoms with Crippen LogP contribution in [0.15, 0.2) is 12.2 Å². The van der Waals surface area contributed by atoms with Crippen LogP contribution < -0.4 is 4.72 Å². The predicted molar refractivity (Wildman–Crippen MR) is 69.0 cm³/mol. The van der Waals surface area contributed by atoms with Crippen LogP contribution in [0.2, 0.25) is 0 Å². The number of allylic oxidation sites excluding steroid dienone is 2. The zero-order valence-corrected chi connectivity index (χ0v) is 11.6. The quantitative estimate of drug-likeness (QED) is 0.477. The molecule has 8 heteroatoms. The van der Waals surface area contributed by atoms with Crippen molar-refractivity contribution in [3.63, 3.8) is 0 Å². The molecule has 0 bridgehead atoms. The lowest BCUT2D eigenvalue weighted by molar-refractivity contribution is -0.146. The number of carboxylic acids is 1. The van der Waals surface area contributed by atoms with Gasteiger partial charge in [0.25, 0.3) is 3.12 Å². The standard InChI is InChI=1S/C9H10Cl3NO3S/c10-9(11,12)17-13-7(14)5-3-1-2-4-6(5)8(15)16/h1-2,5-6H,3-4H2,(H,13,14)(H,15,16). The lowest BCUT2D eigenvalue weighted by atomic mass is 9.83. The second-order valence-electron chi connectivity index (χ2n) is 3.51. The number of alkyl halides is 3. The fraction of sp³-hybridized carbons (Fsp3) is 0.556. The summed E-state index contributed by atoms with van der Waals surface area (Å²) in [6.07, 6.45) is 4.25. The molecular formula is C9H10Cl3NO3S. The number of carbonyl (C=O) groups is 2. The van der Waals surface area contributed by atoms with Crippen molar-refractivity contribution < 1.29 is 14.7 Å². The molecule has 1 rings (SSSR count). The third kappa shape index (κ3) is 4.95. The minimum Gasteiger partial charge on any atom is -0.481 e. The highest BCUT2D eigenvalue weighted by atomic mass is 35.6. The number of hydrogen-bond donors (Lipinski definition) is 2. The van der Waals surface area contributed by atoms with Gasteiger partial charge in [-0.1, -0.05) is 47.0 Å². The largest absolute Gasteiger partial charge is 0.481 e. The SMILES string of the molecule is O=C(O)C1CC=CCC1C(=O)NSC(Cl)(Cl)Cl. The predicted octanol–water partition coefficient (Wildman–Crippen LogP) is 2.75. The van der Waals surface area contributed by atoms with Gasteiger partial charge in [-0.2, -0.15) is 0 Å². The summed E-state index contributed by atoms with van der Waals surface area (Å²) in [5.41, 5.74) is 0. The summed E-state index contributed by atoms with van der Waals surface area (Å²) in [6.45, 7) is 0. The summed E-state index contributed by atoms with van der Waals surface area (Å²) in [5.74, 6) is -2.78. The van der Waals surface area contributed by atoms with Crippen LogP contribution >= 0.6 is 46.8 Å². The molecule has 0 saturated heterocycles. The third-order valence-corrected chi connectivity index (χ3v) is 3.58. The van der Waals surface area contributed by atoms with E-state index in [0.717, 1.165) is 0 Å². The van der Waals surface area contributed by atoms with E-state index in [1.807, 2.05) is 0 Å². The minimum absolute atomic E-state index is 0.339. The molecule has 2 N–H and O–H groups in total. The smallest absolute Gasteiger partial charge is 0.307 e. The van der Waals surface area contributed by atoms with Crippen molar-refractivity contribution in [1.82, 2.24) is 4.72 Å². The molecule has 0 radical (unpaired) electrons. The maximum Gasteiger partial charge on any atom is 0.307 e. The molecule has 0 saturated carbocycles. The highest BCUT2D eigenvalue weighted by Crippen LogP contribution is 2.37. The number of nitrogens with one attached hydrogen (secondary N) is 1. The zero-order chi connectivity index (χ0) is 13.1. The molecule has 0 aliphatic heterocycles. The van der Waals surface area contributed by atoms with Crippen molar-refractivity contribution in [2.24, 2.45) is 11.8 Å². The number of hydrogen-bond acceptors (Lipinski definition) is 3. The highest BCUT2D eigenvalue weighted by Gasteiger charge is 2.35. The Kier molecular flexibility index (Phi) is 5.44. The van der Waals surface area contributed by atoms with Crippen molar-refractivity contribution in [2.45, 2.75) is 16.0 Å². The normalized spacial score (nSPS) is 24.4. The average Bonchev–Trinajstić information content (AvgIpc) is 2.25. The van der Waals surface area contributed by atoms with Gasteiger partial charge < -0.3 is 5.11 Å². The van der Waals surface area contributed by atoms with Crippen molar-refractivity contribution in [3.05, 3.63) is 12.2 Å². The fourth-order valence-electron chi connectivity index (χ4n) is 1.56. The van der Waals surface area contributed by atoms with E-state index in [4.69, 9.17) is 39.9 Å². The Morgan fingerprint density at radius 1 is 1.24 bits per heavy atom. The maximum absolute atomic E-state index is 11.8. The van der Waals surface area contributed by atoms with E-state index in [0.29, 0.717) is 24.8 Å². The number of carbonyl (C=O) groups excluding carboxylic acids is 1. The van der Waals surface area contributed by atoms with Crippen molar-refractivity contribution in [3.8, 4) is 0 Å². The Hall–Kier alpha value is -0.100. The van der Waals surface area contributed by atoms with Crippen LogP contribution in [0.5, 0.6) is 0 Å². The topological polar surface area (TPSA) is 66.4 Å². The molecule has 17 heavy (non-hydrogen) atoms. The van der Waals surface area contributed by atoms with Gasteiger partial charge in [0.05, 0.1) is 11.8 Å². The summed E-state index contributed by atoms with van der Waals surface area (Å²) in [4.78, 5) is 22.7. The molecule has 0 aromatic rings. The summed E-state index contributed by atoms with van der Waals surface area (Å²) in [6, 6.07) is 0. The summed E-state index contributed by atoms with van der Waals surface area (Å²) in [7, 11) is 0. The fourth-order valence-corrected chi connectivity index (χ4v) is 2.28. The second kappa shape index (κ2) is 6.18. The summed E-state index contributed by atoms with van der Waals surface area (Å²) >= 11 is 17.0. The van der Waals surface area contributed by atoms with Gasteiger partial charge in [0.15, 0.2) is 0 Å².